The number of benzene rings is 2. The van der Waals surface area contributed by atoms with Crippen molar-refractivity contribution in [2.24, 2.45) is 5.92 Å². The van der Waals surface area contributed by atoms with Crippen molar-refractivity contribution < 1.29 is 23.4 Å². The van der Waals surface area contributed by atoms with Gasteiger partial charge in [-0.25, -0.2) is 8.78 Å². The molecule has 1 aliphatic rings. The van der Waals surface area contributed by atoms with Crippen molar-refractivity contribution in [1.82, 2.24) is 10.6 Å². The van der Waals surface area contributed by atoms with Gasteiger partial charge in [-0.1, -0.05) is 0 Å². The summed E-state index contributed by atoms with van der Waals surface area (Å²) in [5.41, 5.74) is 0.423. The Hall–Kier alpha value is -2.22. The van der Waals surface area contributed by atoms with Crippen LogP contribution >= 0.6 is 12.4 Å². The number of aliphatic hydroxyl groups is 1. The van der Waals surface area contributed by atoms with Crippen LogP contribution in [0.25, 0.3) is 0 Å². The highest BCUT2D eigenvalue weighted by Crippen LogP contribution is 2.25. The molecular weight excluding hydrogens is 366 g/mol. The Bertz CT molecular complexity index is 759. The van der Waals surface area contributed by atoms with Gasteiger partial charge in [0.15, 0.2) is 11.6 Å². The Morgan fingerprint density at radius 2 is 1.92 bits per heavy atom. The van der Waals surface area contributed by atoms with Gasteiger partial charge in [-0.2, -0.15) is 0 Å². The molecule has 2 atom stereocenters. The molecule has 2 unspecified atom stereocenters. The molecule has 3 N–H and O–H groups in total. The van der Waals surface area contributed by atoms with Gasteiger partial charge in [0.05, 0.1) is 6.10 Å². The molecule has 26 heavy (non-hydrogen) atoms. The predicted octanol–water partition coefficient (Wildman–Crippen LogP) is 2.49. The van der Waals surface area contributed by atoms with E-state index >= 15 is 0 Å². The van der Waals surface area contributed by atoms with Gasteiger partial charge in [-0.15, -0.1) is 12.4 Å². The van der Waals surface area contributed by atoms with Crippen molar-refractivity contribution in [3.8, 4) is 11.5 Å². The van der Waals surface area contributed by atoms with Gasteiger partial charge in [0, 0.05) is 37.2 Å². The minimum atomic E-state index is -0.800. The van der Waals surface area contributed by atoms with E-state index in [4.69, 9.17) is 4.74 Å². The van der Waals surface area contributed by atoms with Gasteiger partial charge in [-0.3, -0.25) is 4.79 Å². The number of carbonyl (C=O) groups excluding carboxylic acids is 1. The average Bonchev–Trinajstić information content (AvgIpc) is 3.01. The summed E-state index contributed by atoms with van der Waals surface area (Å²) in [5, 5.41) is 15.5. The zero-order chi connectivity index (χ0) is 17.8. The summed E-state index contributed by atoms with van der Waals surface area (Å²) in [6.45, 7) is 1.58. The summed E-state index contributed by atoms with van der Waals surface area (Å²) in [7, 11) is 0. The summed E-state index contributed by atoms with van der Waals surface area (Å²) >= 11 is 0. The maximum atomic E-state index is 13.6. The third kappa shape index (κ3) is 4.91. The molecule has 0 aliphatic carbocycles. The fourth-order valence-corrected chi connectivity index (χ4v) is 2.61. The summed E-state index contributed by atoms with van der Waals surface area (Å²) in [5.74, 6) is -1.52. The lowest BCUT2D eigenvalue weighted by Crippen LogP contribution is -2.34. The van der Waals surface area contributed by atoms with E-state index in [2.05, 4.69) is 10.6 Å². The van der Waals surface area contributed by atoms with E-state index in [-0.39, 0.29) is 30.0 Å². The summed E-state index contributed by atoms with van der Waals surface area (Å²) in [4.78, 5) is 12.1. The van der Waals surface area contributed by atoms with Crippen molar-refractivity contribution in [3.63, 3.8) is 0 Å². The van der Waals surface area contributed by atoms with Crippen LogP contribution in [0.15, 0.2) is 42.5 Å². The number of aliphatic hydroxyl groups excluding tert-OH is 1. The molecule has 8 heteroatoms. The molecule has 0 saturated carbocycles. The monoisotopic (exact) mass is 384 g/mol. The number of hydrogen-bond acceptors (Lipinski definition) is 4. The topological polar surface area (TPSA) is 70.6 Å². The van der Waals surface area contributed by atoms with Crippen LogP contribution in [-0.2, 0) is 0 Å². The minimum Gasteiger partial charge on any atom is -0.454 e. The van der Waals surface area contributed by atoms with Crippen LogP contribution in [0.5, 0.6) is 11.5 Å². The van der Waals surface area contributed by atoms with Crippen LogP contribution in [0.3, 0.4) is 0 Å². The second-order valence-electron chi connectivity index (χ2n) is 5.90. The number of nitrogens with one attached hydrogen (secondary N) is 2. The van der Waals surface area contributed by atoms with E-state index in [1.807, 2.05) is 0 Å². The lowest BCUT2D eigenvalue weighted by molar-refractivity contribution is 0.0927. The van der Waals surface area contributed by atoms with Crippen LogP contribution in [0, 0.1) is 17.6 Å². The van der Waals surface area contributed by atoms with Crippen molar-refractivity contribution in [1.29, 1.82) is 0 Å². The van der Waals surface area contributed by atoms with Crippen molar-refractivity contribution >= 4 is 18.3 Å². The molecule has 140 valence electrons. The van der Waals surface area contributed by atoms with Gasteiger partial charge in [0.1, 0.15) is 11.6 Å². The lowest BCUT2D eigenvalue weighted by Gasteiger charge is -2.14. The molecule has 0 spiro atoms. The normalized spacial score (nSPS) is 18.9. The Morgan fingerprint density at radius 3 is 2.54 bits per heavy atom. The molecule has 2 aromatic carbocycles. The summed E-state index contributed by atoms with van der Waals surface area (Å²) < 4.78 is 31.8. The summed E-state index contributed by atoms with van der Waals surface area (Å²) in [6.07, 6.45) is -0.457. The van der Waals surface area contributed by atoms with Gasteiger partial charge in [-0.05, 0) is 36.4 Å². The molecule has 1 heterocycles. The van der Waals surface area contributed by atoms with Gasteiger partial charge in [0.2, 0.25) is 0 Å². The number of β-amino-alcohol motifs (C(OH)–C–C–N with tert-alkyl or cyclic N) is 1. The second-order valence-corrected chi connectivity index (χ2v) is 5.90. The third-order valence-electron chi connectivity index (χ3n) is 4.07. The first kappa shape index (κ1) is 20.1. The van der Waals surface area contributed by atoms with E-state index in [1.165, 1.54) is 18.2 Å². The number of carbonyl (C=O) groups is 1. The fourth-order valence-electron chi connectivity index (χ4n) is 2.61. The maximum Gasteiger partial charge on any atom is 0.251 e. The highest BCUT2D eigenvalue weighted by Gasteiger charge is 2.25. The highest BCUT2D eigenvalue weighted by atomic mass is 35.5. The smallest absolute Gasteiger partial charge is 0.251 e. The molecule has 0 bridgehead atoms. The fraction of sp³-hybridized carbons (Fsp3) is 0.278. The summed E-state index contributed by atoms with van der Waals surface area (Å²) in [6, 6.07) is 9.21. The van der Waals surface area contributed by atoms with Gasteiger partial charge < -0.3 is 20.5 Å². The molecule has 3 rings (SSSR count). The highest BCUT2D eigenvalue weighted by molar-refractivity contribution is 5.94. The molecule has 1 amide bonds. The van der Waals surface area contributed by atoms with Crippen LogP contribution < -0.4 is 15.4 Å². The number of hydrogen-bond donors (Lipinski definition) is 3. The third-order valence-corrected chi connectivity index (χ3v) is 4.07. The molecule has 0 radical (unpaired) electrons. The average molecular weight is 385 g/mol. The molecule has 1 fully saturated rings. The number of amides is 1. The molecular formula is C18H19ClF2N2O3. The van der Waals surface area contributed by atoms with Crippen LogP contribution in [0.2, 0.25) is 0 Å². The van der Waals surface area contributed by atoms with Crippen molar-refractivity contribution in [3.05, 3.63) is 59.7 Å². The first-order valence-corrected chi connectivity index (χ1v) is 7.93. The number of halogens is 3. The quantitative estimate of drug-likeness (QED) is 0.740. The standard InChI is InChI=1S/C18H18F2N2O3.ClH/c19-13-3-6-17(15(20)7-13)25-14-4-1-11(2-5-14)18(24)22-9-12-8-21-10-16(12)23;/h1-7,12,16,21,23H,8-10H2,(H,22,24);1H. The first-order valence-electron chi connectivity index (χ1n) is 7.93. The maximum absolute atomic E-state index is 13.6. The van der Waals surface area contributed by atoms with Crippen LogP contribution in [-0.4, -0.2) is 36.8 Å². The zero-order valence-corrected chi connectivity index (χ0v) is 14.6. The molecule has 0 aromatic heterocycles. The van der Waals surface area contributed by atoms with Gasteiger partial charge in [0.25, 0.3) is 5.91 Å². The zero-order valence-electron chi connectivity index (χ0n) is 13.7. The second kappa shape index (κ2) is 8.93. The lowest BCUT2D eigenvalue weighted by atomic mass is 10.1. The molecule has 1 aliphatic heterocycles. The number of rotatable bonds is 5. The Morgan fingerprint density at radius 1 is 1.19 bits per heavy atom. The van der Waals surface area contributed by atoms with Gasteiger partial charge >= 0.3 is 0 Å². The minimum absolute atomic E-state index is 0. The SMILES string of the molecule is Cl.O=C(NCC1CNCC1O)c1ccc(Oc2ccc(F)cc2F)cc1. The van der Waals surface area contributed by atoms with Crippen molar-refractivity contribution in [2.75, 3.05) is 19.6 Å². The molecule has 2 aromatic rings. The Balaban J connectivity index is 0.00000243. The van der Waals surface area contributed by atoms with Crippen molar-refractivity contribution in [2.45, 2.75) is 6.10 Å². The molecule has 1 saturated heterocycles. The Labute approximate surface area is 155 Å². The van der Waals surface area contributed by atoms with Crippen LogP contribution in [0.4, 0.5) is 8.78 Å². The van der Waals surface area contributed by atoms with E-state index < -0.39 is 17.7 Å². The first-order chi connectivity index (χ1) is 12.0. The van der Waals surface area contributed by atoms with Crippen LogP contribution in [0.1, 0.15) is 10.4 Å². The van der Waals surface area contributed by atoms with E-state index in [0.717, 1.165) is 12.1 Å². The largest absolute Gasteiger partial charge is 0.454 e. The van der Waals surface area contributed by atoms with E-state index in [1.54, 1.807) is 12.1 Å². The Kier molecular flexibility index (Phi) is 6.90. The number of ether oxygens (including phenoxy) is 1. The van der Waals surface area contributed by atoms with E-state index in [9.17, 15) is 18.7 Å². The van der Waals surface area contributed by atoms with E-state index in [0.29, 0.717) is 30.9 Å². The predicted molar refractivity (Wildman–Crippen MR) is 94.8 cm³/mol. The molecule has 5 nitrogen and oxygen atoms in total.